The standard InChI is InChI=1S/C36H34Cl2N6O6S/c1-21-8-6-7-9-30(21)51(46,47)44-19-28(31-32(37)42-34(38)43-33(31)44)24-10-11-29-25(13-24)14-27(18-40-29)49-22(2)20-48-26-12-23(15-39-17-26)16-41-35(45)50-36(3,4)5/h6-15,17-19,22H,16,20H2,1-5H3,(H,41,45). The van der Waals surface area contributed by atoms with Gasteiger partial charge in [-0.15, -0.1) is 0 Å². The lowest BCUT2D eigenvalue weighted by Gasteiger charge is -2.19. The molecule has 15 heteroatoms. The van der Waals surface area contributed by atoms with E-state index in [-0.39, 0.29) is 40.2 Å². The second-order valence-electron chi connectivity index (χ2n) is 12.8. The van der Waals surface area contributed by atoms with Crippen LogP contribution in [0.5, 0.6) is 11.5 Å². The molecule has 1 amide bonds. The van der Waals surface area contributed by atoms with Gasteiger partial charge in [-0.3, -0.25) is 9.97 Å². The van der Waals surface area contributed by atoms with Crippen molar-refractivity contribution in [1.82, 2.24) is 29.2 Å². The summed E-state index contributed by atoms with van der Waals surface area (Å²) in [5.41, 5.74) is 2.63. The van der Waals surface area contributed by atoms with Crippen molar-refractivity contribution in [2.75, 3.05) is 6.61 Å². The number of nitrogens with zero attached hydrogens (tertiary/aromatic N) is 5. The van der Waals surface area contributed by atoms with Crippen molar-refractivity contribution >= 4 is 61.3 Å². The summed E-state index contributed by atoms with van der Waals surface area (Å²) >= 11 is 12.7. The third-order valence-electron chi connectivity index (χ3n) is 7.57. The number of halogens is 2. The van der Waals surface area contributed by atoms with Crippen LogP contribution in [0.1, 0.15) is 38.8 Å². The third-order valence-corrected chi connectivity index (χ3v) is 9.82. The van der Waals surface area contributed by atoms with Gasteiger partial charge < -0.3 is 19.5 Å². The second-order valence-corrected chi connectivity index (χ2v) is 15.3. The summed E-state index contributed by atoms with van der Waals surface area (Å²) in [7, 11) is -4.08. The number of pyridine rings is 2. The quantitative estimate of drug-likeness (QED) is 0.109. The summed E-state index contributed by atoms with van der Waals surface area (Å²) in [6, 6.07) is 15.8. The zero-order chi connectivity index (χ0) is 36.5. The van der Waals surface area contributed by atoms with E-state index in [2.05, 4.69) is 25.3 Å². The number of aryl methyl sites for hydroxylation is 1. The summed E-state index contributed by atoms with van der Waals surface area (Å²) in [6.45, 7) is 9.41. The molecule has 51 heavy (non-hydrogen) atoms. The first kappa shape index (κ1) is 35.8. The summed E-state index contributed by atoms with van der Waals surface area (Å²) in [5, 5.41) is 3.61. The molecule has 12 nitrogen and oxygen atoms in total. The SMILES string of the molecule is Cc1ccccc1S(=O)(=O)n1cc(-c2ccc3ncc(OC(C)COc4cncc(CNC(=O)OC(C)(C)C)c4)cc3c2)c2c(Cl)nc(Cl)nc21. The van der Waals surface area contributed by atoms with Gasteiger partial charge in [-0.2, -0.15) is 4.98 Å². The number of nitrogens with one attached hydrogen (secondary N) is 1. The summed E-state index contributed by atoms with van der Waals surface area (Å²) in [5.74, 6) is 1.02. The van der Waals surface area contributed by atoms with Crippen LogP contribution >= 0.6 is 23.2 Å². The zero-order valence-electron chi connectivity index (χ0n) is 28.3. The van der Waals surface area contributed by atoms with Crippen LogP contribution < -0.4 is 14.8 Å². The van der Waals surface area contributed by atoms with Gasteiger partial charge >= 0.3 is 6.09 Å². The van der Waals surface area contributed by atoms with E-state index in [1.165, 1.54) is 12.3 Å². The molecule has 0 aliphatic rings. The smallest absolute Gasteiger partial charge is 0.407 e. The number of hydrogen-bond donors (Lipinski definition) is 1. The molecule has 0 saturated carbocycles. The van der Waals surface area contributed by atoms with Crippen molar-refractivity contribution in [3.8, 4) is 22.6 Å². The highest BCUT2D eigenvalue weighted by atomic mass is 35.5. The number of amides is 1. The highest BCUT2D eigenvalue weighted by molar-refractivity contribution is 7.90. The predicted molar refractivity (Wildman–Crippen MR) is 195 cm³/mol. The zero-order valence-corrected chi connectivity index (χ0v) is 30.7. The van der Waals surface area contributed by atoms with Gasteiger partial charge in [0.05, 0.1) is 28.2 Å². The minimum absolute atomic E-state index is 0.0166. The van der Waals surface area contributed by atoms with Crippen molar-refractivity contribution in [1.29, 1.82) is 0 Å². The molecule has 4 heterocycles. The van der Waals surface area contributed by atoms with Gasteiger partial charge in [0.25, 0.3) is 10.0 Å². The number of alkyl carbamates (subject to hydrolysis) is 1. The van der Waals surface area contributed by atoms with Crippen molar-refractivity contribution in [3.63, 3.8) is 0 Å². The minimum Gasteiger partial charge on any atom is -0.488 e. The van der Waals surface area contributed by atoms with Gasteiger partial charge in [0.1, 0.15) is 35.0 Å². The Hall–Kier alpha value is -4.98. The molecule has 4 aromatic heterocycles. The molecular weight excluding hydrogens is 715 g/mol. The maximum absolute atomic E-state index is 13.9. The first-order chi connectivity index (χ1) is 24.2. The van der Waals surface area contributed by atoms with Gasteiger partial charge in [0, 0.05) is 29.9 Å². The number of carbonyl (C=O) groups excluding carboxylic acids is 1. The van der Waals surface area contributed by atoms with E-state index in [1.54, 1.807) is 70.6 Å². The van der Waals surface area contributed by atoms with Crippen LogP contribution in [-0.2, 0) is 21.3 Å². The van der Waals surface area contributed by atoms with Gasteiger partial charge in [0.2, 0.25) is 5.28 Å². The monoisotopic (exact) mass is 748 g/mol. The van der Waals surface area contributed by atoms with Crippen molar-refractivity contribution in [2.24, 2.45) is 0 Å². The van der Waals surface area contributed by atoms with E-state index in [1.807, 2.05) is 31.2 Å². The van der Waals surface area contributed by atoms with Gasteiger partial charge in [-0.05, 0) is 93.2 Å². The Kier molecular flexibility index (Phi) is 10.1. The maximum atomic E-state index is 13.9. The highest BCUT2D eigenvalue weighted by Gasteiger charge is 2.26. The number of hydrogen-bond acceptors (Lipinski definition) is 10. The molecule has 1 N–H and O–H groups in total. The molecule has 1 atom stereocenters. The molecule has 0 spiro atoms. The van der Waals surface area contributed by atoms with Gasteiger partial charge in [0.15, 0.2) is 5.65 Å². The summed E-state index contributed by atoms with van der Waals surface area (Å²) < 4.78 is 46.2. The Labute approximate surface area is 304 Å². The predicted octanol–water partition coefficient (Wildman–Crippen LogP) is 7.76. The average Bonchev–Trinajstić information content (AvgIpc) is 3.46. The molecule has 2 aromatic carbocycles. The molecule has 6 rings (SSSR count). The van der Waals surface area contributed by atoms with Crippen molar-refractivity contribution in [2.45, 2.75) is 57.8 Å². The first-order valence-corrected chi connectivity index (χ1v) is 18.0. The minimum atomic E-state index is -4.08. The van der Waals surface area contributed by atoms with Crippen LogP contribution in [-0.4, -0.2) is 56.7 Å². The topological polar surface area (TPSA) is 147 Å². The Morgan fingerprint density at radius 2 is 1.78 bits per heavy atom. The van der Waals surface area contributed by atoms with Crippen LogP contribution in [0.15, 0.2) is 84.3 Å². The Balaban J connectivity index is 1.21. The Morgan fingerprint density at radius 1 is 1.00 bits per heavy atom. The molecule has 0 aliphatic carbocycles. The molecule has 0 aliphatic heterocycles. The molecule has 264 valence electrons. The summed E-state index contributed by atoms with van der Waals surface area (Å²) in [6.07, 6.45) is 5.42. The van der Waals surface area contributed by atoms with E-state index in [0.29, 0.717) is 39.1 Å². The van der Waals surface area contributed by atoms with Crippen LogP contribution in [0.4, 0.5) is 4.79 Å². The molecule has 1 unspecified atom stereocenters. The van der Waals surface area contributed by atoms with Crippen LogP contribution in [0.3, 0.4) is 0 Å². The van der Waals surface area contributed by atoms with E-state index in [4.69, 9.17) is 37.4 Å². The number of ether oxygens (including phenoxy) is 3. The number of carbonyl (C=O) groups is 1. The Bertz CT molecular complexity index is 2380. The average molecular weight is 750 g/mol. The molecule has 0 fully saturated rings. The lowest BCUT2D eigenvalue weighted by atomic mass is 10.0. The first-order valence-electron chi connectivity index (χ1n) is 15.8. The fourth-order valence-corrected chi connectivity index (χ4v) is 7.35. The number of benzene rings is 2. The molecule has 0 radical (unpaired) electrons. The van der Waals surface area contributed by atoms with Crippen molar-refractivity contribution in [3.05, 3.63) is 101 Å². The molecule has 0 bridgehead atoms. The van der Waals surface area contributed by atoms with Crippen molar-refractivity contribution < 1.29 is 27.4 Å². The lowest BCUT2D eigenvalue weighted by Crippen LogP contribution is -2.32. The Morgan fingerprint density at radius 3 is 2.55 bits per heavy atom. The second kappa shape index (κ2) is 14.3. The third kappa shape index (κ3) is 8.16. The van der Waals surface area contributed by atoms with Crippen LogP contribution in [0.2, 0.25) is 10.4 Å². The van der Waals surface area contributed by atoms with Gasteiger partial charge in [-0.25, -0.2) is 22.2 Å². The fourth-order valence-electron chi connectivity index (χ4n) is 5.34. The molecule has 0 saturated heterocycles. The molecular formula is C36H34Cl2N6O6S. The van der Waals surface area contributed by atoms with E-state index in [9.17, 15) is 13.2 Å². The van der Waals surface area contributed by atoms with E-state index in [0.717, 1.165) is 14.9 Å². The highest BCUT2D eigenvalue weighted by Crippen LogP contribution is 2.38. The number of rotatable bonds is 10. The number of fused-ring (bicyclic) bond motifs is 2. The van der Waals surface area contributed by atoms with Crippen LogP contribution in [0.25, 0.3) is 33.1 Å². The van der Waals surface area contributed by atoms with Gasteiger partial charge in [-0.1, -0.05) is 35.9 Å². The van der Waals surface area contributed by atoms with Crippen LogP contribution in [0, 0.1) is 6.92 Å². The molecule has 6 aromatic rings. The van der Waals surface area contributed by atoms with E-state index < -0.39 is 21.7 Å². The normalized spacial score (nSPS) is 12.5. The fraction of sp³-hybridized carbons (Fsp3) is 0.250. The maximum Gasteiger partial charge on any atom is 0.407 e. The van der Waals surface area contributed by atoms with E-state index >= 15 is 0 Å². The summed E-state index contributed by atoms with van der Waals surface area (Å²) in [4.78, 5) is 29.3. The lowest BCUT2D eigenvalue weighted by molar-refractivity contribution is 0.0523. The largest absolute Gasteiger partial charge is 0.488 e. The number of aromatic nitrogens is 5.